The number of nitrogens with one attached hydrogen (secondary N) is 1. The Bertz CT molecular complexity index is 278. The van der Waals surface area contributed by atoms with Crippen molar-refractivity contribution in [3.05, 3.63) is 21.9 Å². The van der Waals surface area contributed by atoms with Crippen LogP contribution in [-0.2, 0) is 0 Å². The largest absolute Gasteiger partial charge is 0.308 e. The third-order valence-electron chi connectivity index (χ3n) is 1.56. The normalized spacial score (nSPS) is 11.8. The molecule has 3 nitrogen and oxygen atoms in total. The van der Waals surface area contributed by atoms with Crippen molar-refractivity contribution >= 4 is 17.2 Å². The molecule has 0 saturated heterocycles. The van der Waals surface area contributed by atoms with Gasteiger partial charge in [-0.05, 0) is 24.8 Å². The number of nitrogens with two attached hydrogens (primary N) is 1. The number of hydrogen-bond donors (Lipinski definition) is 2. The summed E-state index contributed by atoms with van der Waals surface area (Å²) < 4.78 is 0. The topological polar surface area (TPSA) is 50.4 Å². The number of hydrazine groups is 1. The van der Waals surface area contributed by atoms with Crippen molar-refractivity contribution in [1.82, 2.24) is 5.43 Å². The first-order valence-electron chi connectivity index (χ1n) is 3.83. The minimum Gasteiger partial charge on any atom is -0.308 e. The van der Waals surface area contributed by atoms with Crippen molar-refractivity contribution < 1.29 is 0 Å². The van der Waals surface area contributed by atoms with Gasteiger partial charge in [0.2, 0.25) is 0 Å². The molecule has 0 spiro atoms. The number of rotatable bonds is 2. The van der Waals surface area contributed by atoms with E-state index < -0.39 is 0 Å². The zero-order valence-corrected chi connectivity index (χ0v) is 8.11. The number of aliphatic imine (C=N–C) groups is 1. The lowest BCUT2D eigenvalue weighted by molar-refractivity contribution is 0.991. The van der Waals surface area contributed by atoms with Crippen LogP contribution in [0.25, 0.3) is 0 Å². The van der Waals surface area contributed by atoms with E-state index in [4.69, 9.17) is 5.84 Å². The van der Waals surface area contributed by atoms with E-state index in [0.29, 0.717) is 0 Å². The Morgan fingerprint density at radius 3 is 2.83 bits per heavy atom. The fourth-order valence-electron chi connectivity index (χ4n) is 0.970. The van der Waals surface area contributed by atoms with Crippen molar-refractivity contribution in [1.29, 1.82) is 0 Å². The minimum absolute atomic E-state index is 0.745. The Morgan fingerprint density at radius 1 is 1.67 bits per heavy atom. The van der Waals surface area contributed by atoms with E-state index >= 15 is 0 Å². The molecule has 0 unspecified atom stereocenters. The van der Waals surface area contributed by atoms with Gasteiger partial charge in [-0.15, -0.1) is 0 Å². The molecule has 1 heterocycles. The van der Waals surface area contributed by atoms with E-state index in [-0.39, 0.29) is 0 Å². The van der Waals surface area contributed by atoms with E-state index in [1.54, 1.807) is 11.3 Å². The molecule has 3 N–H and O–H groups in total. The van der Waals surface area contributed by atoms with Crippen LogP contribution in [0.4, 0.5) is 0 Å². The fourth-order valence-corrected chi connectivity index (χ4v) is 1.80. The summed E-state index contributed by atoms with van der Waals surface area (Å²) in [5.74, 6) is 6.12. The third-order valence-corrected chi connectivity index (χ3v) is 2.43. The second-order valence-electron chi connectivity index (χ2n) is 2.44. The Kier molecular flexibility index (Phi) is 3.25. The van der Waals surface area contributed by atoms with Crippen molar-refractivity contribution in [2.75, 3.05) is 6.54 Å². The van der Waals surface area contributed by atoms with Crippen LogP contribution in [0.2, 0.25) is 0 Å². The van der Waals surface area contributed by atoms with Crippen molar-refractivity contribution in [2.45, 2.75) is 13.8 Å². The summed E-state index contributed by atoms with van der Waals surface area (Å²) in [6.45, 7) is 4.78. The second kappa shape index (κ2) is 4.23. The van der Waals surface area contributed by atoms with Crippen LogP contribution in [0, 0.1) is 6.92 Å². The van der Waals surface area contributed by atoms with Gasteiger partial charge in [0.05, 0.1) is 0 Å². The highest BCUT2D eigenvalue weighted by Gasteiger charge is 2.04. The van der Waals surface area contributed by atoms with Gasteiger partial charge in [-0.1, -0.05) is 0 Å². The van der Waals surface area contributed by atoms with Crippen LogP contribution in [-0.4, -0.2) is 12.4 Å². The summed E-state index contributed by atoms with van der Waals surface area (Å²) in [5.41, 5.74) is 4.92. The molecule has 0 aliphatic rings. The van der Waals surface area contributed by atoms with E-state index in [2.05, 4.69) is 15.8 Å². The number of nitrogens with zero attached hydrogens (tertiary/aromatic N) is 1. The monoisotopic (exact) mass is 183 g/mol. The number of amidine groups is 1. The van der Waals surface area contributed by atoms with Gasteiger partial charge in [0, 0.05) is 17.5 Å². The molecule has 0 saturated carbocycles. The predicted octanol–water partition coefficient (Wildman–Crippen LogP) is 1.29. The van der Waals surface area contributed by atoms with Crippen molar-refractivity contribution in [2.24, 2.45) is 10.8 Å². The molecule has 66 valence electrons. The summed E-state index contributed by atoms with van der Waals surface area (Å²) >= 11 is 1.66. The lowest BCUT2D eigenvalue weighted by Crippen LogP contribution is -2.31. The average Bonchev–Trinajstić information content (AvgIpc) is 2.47. The molecule has 4 heteroatoms. The Labute approximate surface area is 76.3 Å². The van der Waals surface area contributed by atoms with Gasteiger partial charge in [-0.3, -0.25) is 4.99 Å². The molecule has 0 atom stereocenters. The van der Waals surface area contributed by atoms with E-state index in [9.17, 15) is 0 Å². The number of thiophene rings is 1. The maximum absolute atomic E-state index is 5.34. The molecule has 0 aromatic carbocycles. The first-order valence-corrected chi connectivity index (χ1v) is 4.78. The van der Waals surface area contributed by atoms with Crippen LogP contribution < -0.4 is 11.3 Å². The summed E-state index contributed by atoms with van der Waals surface area (Å²) in [5, 5.41) is 4.13. The smallest absolute Gasteiger partial charge is 0.143 e. The number of aryl methyl sites for hydroxylation is 1. The Morgan fingerprint density at radius 2 is 2.42 bits per heavy atom. The molecular weight excluding hydrogens is 170 g/mol. The Hall–Kier alpha value is -0.870. The van der Waals surface area contributed by atoms with E-state index in [1.807, 2.05) is 19.2 Å². The fraction of sp³-hybridized carbons (Fsp3) is 0.375. The maximum Gasteiger partial charge on any atom is 0.143 e. The van der Waals surface area contributed by atoms with Crippen molar-refractivity contribution in [3.8, 4) is 0 Å². The standard InChI is InChI=1S/C8H13N3S/c1-3-10-8(11-9)7-5-12-4-6(7)2/h4-5H,3,9H2,1-2H3,(H,10,11). The van der Waals surface area contributed by atoms with Gasteiger partial charge < -0.3 is 5.43 Å². The van der Waals surface area contributed by atoms with Gasteiger partial charge in [-0.25, -0.2) is 5.84 Å². The molecule has 0 bridgehead atoms. The SMILES string of the molecule is CCN=C(NN)c1cscc1C. The zero-order chi connectivity index (χ0) is 8.97. The molecule has 1 aromatic rings. The summed E-state index contributed by atoms with van der Waals surface area (Å²) in [4.78, 5) is 4.23. The quantitative estimate of drug-likeness (QED) is 0.314. The molecule has 0 aliphatic carbocycles. The molecule has 0 aliphatic heterocycles. The summed E-state index contributed by atoms with van der Waals surface area (Å²) in [6.07, 6.45) is 0. The van der Waals surface area contributed by atoms with Gasteiger partial charge in [0.1, 0.15) is 5.84 Å². The summed E-state index contributed by atoms with van der Waals surface area (Å²) in [6, 6.07) is 0. The lowest BCUT2D eigenvalue weighted by atomic mass is 10.2. The number of hydrogen-bond acceptors (Lipinski definition) is 3. The molecule has 0 fully saturated rings. The maximum atomic E-state index is 5.34. The van der Waals surface area contributed by atoms with Gasteiger partial charge in [0.15, 0.2) is 0 Å². The minimum atomic E-state index is 0.745. The van der Waals surface area contributed by atoms with Crippen LogP contribution in [0.3, 0.4) is 0 Å². The van der Waals surface area contributed by atoms with E-state index in [1.165, 1.54) is 5.56 Å². The Balaban J connectivity index is 2.95. The highest BCUT2D eigenvalue weighted by atomic mass is 32.1. The highest BCUT2D eigenvalue weighted by Crippen LogP contribution is 2.13. The van der Waals surface area contributed by atoms with Crippen LogP contribution in [0.1, 0.15) is 18.1 Å². The first-order chi connectivity index (χ1) is 5.79. The second-order valence-corrected chi connectivity index (χ2v) is 3.18. The van der Waals surface area contributed by atoms with E-state index in [0.717, 1.165) is 17.9 Å². The molecule has 1 aromatic heterocycles. The van der Waals surface area contributed by atoms with Crippen LogP contribution in [0.5, 0.6) is 0 Å². The molecular formula is C8H13N3S. The predicted molar refractivity (Wildman–Crippen MR) is 53.5 cm³/mol. The third kappa shape index (κ3) is 1.84. The lowest BCUT2D eigenvalue weighted by Gasteiger charge is -2.03. The van der Waals surface area contributed by atoms with Crippen LogP contribution in [0.15, 0.2) is 15.8 Å². The first kappa shape index (κ1) is 9.22. The molecule has 0 amide bonds. The highest BCUT2D eigenvalue weighted by molar-refractivity contribution is 7.08. The average molecular weight is 183 g/mol. The van der Waals surface area contributed by atoms with Gasteiger partial charge >= 0.3 is 0 Å². The molecule has 1 rings (SSSR count). The molecule has 12 heavy (non-hydrogen) atoms. The van der Waals surface area contributed by atoms with Gasteiger partial charge in [-0.2, -0.15) is 11.3 Å². The van der Waals surface area contributed by atoms with Gasteiger partial charge in [0.25, 0.3) is 0 Å². The van der Waals surface area contributed by atoms with Crippen molar-refractivity contribution in [3.63, 3.8) is 0 Å². The zero-order valence-electron chi connectivity index (χ0n) is 7.29. The molecule has 0 radical (unpaired) electrons. The van der Waals surface area contributed by atoms with Crippen LogP contribution >= 0.6 is 11.3 Å². The summed E-state index contributed by atoms with van der Waals surface area (Å²) in [7, 11) is 0.